The highest BCUT2D eigenvalue weighted by Crippen LogP contribution is 2.35. The maximum absolute atomic E-state index is 10.4. The van der Waals surface area contributed by atoms with E-state index in [1.807, 2.05) is 18.2 Å². The average molecular weight is 722 g/mol. The predicted molar refractivity (Wildman–Crippen MR) is 153 cm³/mol. The molecule has 0 unspecified atom stereocenters. The molecule has 0 aliphatic heterocycles. The standard InChI is InChI=1S/C25H30ClI2N3O4/c1-16(11-26)14-34-20-7-4-17(5-8-20)25(2,3)18-6-9-23(21(27)10-18)35-15-19(33)12-31-24(28)22(13-32)29-30-31/h4-10,16,19,32-33H,11-15H2,1-3H3/t16-,19+/m0/s1/i27-4. The SMILES string of the molecule is C[C@@H](CCl)COc1ccc(C(C)(C)c2ccc(OC[C@H](O)Cn3nnc(CO)c3I)c([123I])c2)cc1. The summed E-state index contributed by atoms with van der Waals surface area (Å²) < 4.78 is 14.9. The first-order valence-electron chi connectivity index (χ1n) is 11.2. The van der Waals surface area contributed by atoms with Crippen LogP contribution < -0.4 is 9.47 Å². The van der Waals surface area contributed by atoms with E-state index in [1.54, 1.807) is 4.68 Å². The number of aromatic nitrogens is 3. The summed E-state index contributed by atoms with van der Waals surface area (Å²) in [5, 5.41) is 27.5. The third-order valence-corrected chi connectivity index (χ3v) is 8.28. The first-order chi connectivity index (χ1) is 16.6. The molecule has 3 rings (SSSR count). The van der Waals surface area contributed by atoms with Crippen molar-refractivity contribution in [3.8, 4) is 11.5 Å². The molecule has 7 nitrogen and oxygen atoms in total. The number of aliphatic hydroxyl groups excluding tert-OH is 2. The Hall–Kier alpha value is -1.15. The van der Waals surface area contributed by atoms with Gasteiger partial charge in [0.2, 0.25) is 0 Å². The van der Waals surface area contributed by atoms with Gasteiger partial charge in [0, 0.05) is 17.2 Å². The van der Waals surface area contributed by atoms with Crippen molar-refractivity contribution in [2.45, 2.75) is 45.4 Å². The lowest BCUT2D eigenvalue weighted by molar-refractivity contribution is 0.0877. The van der Waals surface area contributed by atoms with Crippen molar-refractivity contribution in [1.29, 1.82) is 0 Å². The number of aliphatic hydroxyl groups is 2. The number of halogens is 3. The third kappa shape index (κ3) is 7.43. The molecule has 0 saturated heterocycles. The monoisotopic (exact) mass is 721 g/mol. The Morgan fingerprint density at radius 1 is 1.11 bits per heavy atom. The van der Waals surface area contributed by atoms with Crippen LogP contribution in [0.25, 0.3) is 0 Å². The van der Waals surface area contributed by atoms with Crippen LogP contribution in [0.5, 0.6) is 11.5 Å². The van der Waals surface area contributed by atoms with E-state index in [0.717, 1.165) is 14.9 Å². The van der Waals surface area contributed by atoms with Crippen LogP contribution in [-0.2, 0) is 18.6 Å². The quantitative estimate of drug-likeness (QED) is 0.202. The largest absolute Gasteiger partial charge is 0.493 e. The Kier molecular flexibility index (Phi) is 10.5. The van der Waals surface area contributed by atoms with Gasteiger partial charge in [0.1, 0.15) is 33.6 Å². The molecule has 0 spiro atoms. The fourth-order valence-electron chi connectivity index (χ4n) is 3.41. The molecule has 1 aromatic heterocycles. The van der Waals surface area contributed by atoms with E-state index in [0.29, 0.717) is 33.5 Å². The first-order valence-corrected chi connectivity index (χ1v) is 13.9. The number of benzene rings is 2. The summed E-state index contributed by atoms with van der Waals surface area (Å²) in [6.07, 6.45) is -0.767. The third-order valence-electron chi connectivity index (χ3n) is 5.73. The molecule has 0 amide bonds. The zero-order valence-corrected chi connectivity index (χ0v) is 25.0. The van der Waals surface area contributed by atoms with Crippen LogP contribution in [-0.4, -0.2) is 50.4 Å². The van der Waals surface area contributed by atoms with Gasteiger partial charge in [0.05, 0.1) is 23.3 Å². The van der Waals surface area contributed by atoms with Gasteiger partial charge in [-0.25, -0.2) is 4.68 Å². The van der Waals surface area contributed by atoms with Crippen LogP contribution in [0.15, 0.2) is 42.5 Å². The van der Waals surface area contributed by atoms with Crippen LogP contribution in [0.3, 0.4) is 0 Å². The summed E-state index contributed by atoms with van der Waals surface area (Å²) in [5.41, 5.74) is 2.62. The summed E-state index contributed by atoms with van der Waals surface area (Å²) >= 11 is 10.2. The maximum atomic E-state index is 10.4. The zero-order valence-electron chi connectivity index (χ0n) is 19.9. The van der Waals surface area contributed by atoms with Crippen LogP contribution >= 0.6 is 56.8 Å². The van der Waals surface area contributed by atoms with Crippen molar-refractivity contribution >= 4 is 56.8 Å². The molecule has 1 heterocycles. The molecule has 0 saturated carbocycles. The number of nitrogens with zero attached hydrogens (tertiary/aromatic N) is 3. The molecule has 2 aromatic carbocycles. The van der Waals surface area contributed by atoms with Crippen LogP contribution in [0, 0.1) is 13.2 Å². The Bertz CT molecular complexity index is 1110. The van der Waals surface area contributed by atoms with Crippen molar-refractivity contribution in [3.05, 3.63) is 66.6 Å². The second kappa shape index (κ2) is 12.9. The van der Waals surface area contributed by atoms with Crippen molar-refractivity contribution < 1.29 is 19.7 Å². The second-order valence-corrected chi connectivity index (χ2v) is 11.5. The van der Waals surface area contributed by atoms with Gasteiger partial charge < -0.3 is 19.7 Å². The van der Waals surface area contributed by atoms with E-state index in [4.69, 9.17) is 21.1 Å². The van der Waals surface area contributed by atoms with E-state index in [9.17, 15) is 10.2 Å². The molecule has 2 N–H and O–H groups in total. The maximum Gasteiger partial charge on any atom is 0.132 e. The highest BCUT2D eigenvalue weighted by atomic mass is 127. The lowest BCUT2D eigenvalue weighted by atomic mass is 9.78. The van der Waals surface area contributed by atoms with Gasteiger partial charge in [-0.05, 0) is 80.6 Å². The molecule has 0 bridgehead atoms. The molecule has 0 aliphatic rings. The fourth-order valence-corrected chi connectivity index (χ4v) is 4.75. The first kappa shape index (κ1) is 28.4. The molecular weight excluding hydrogens is 692 g/mol. The number of ether oxygens (including phenoxy) is 2. The van der Waals surface area contributed by atoms with Gasteiger partial charge in [-0.1, -0.05) is 44.2 Å². The van der Waals surface area contributed by atoms with Gasteiger partial charge in [-0.3, -0.25) is 0 Å². The van der Waals surface area contributed by atoms with E-state index < -0.39 is 6.10 Å². The van der Waals surface area contributed by atoms with Crippen molar-refractivity contribution in [2.75, 3.05) is 19.1 Å². The average Bonchev–Trinajstić information content (AvgIpc) is 3.20. The fraction of sp³-hybridized carbons (Fsp3) is 0.440. The van der Waals surface area contributed by atoms with E-state index >= 15 is 0 Å². The smallest absolute Gasteiger partial charge is 0.132 e. The number of hydrogen-bond donors (Lipinski definition) is 2. The predicted octanol–water partition coefficient (Wildman–Crippen LogP) is 5.00. The van der Waals surface area contributed by atoms with Gasteiger partial charge in [-0.2, -0.15) is 0 Å². The molecule has 35 heavy (non-hydrogen) atoms. The van der Waals surface area contributed by atoms with E-state index in [2.05, 4.69) is 101 Å². The Morgan fingerprint density at radius 3 is 2.40 bits per heavy atom. The number of alkyl halides is 1. The minimum absolute atomic E-state index is 0.118. The minimum atomic E-state index is -0.767. The van der Waals surface area contributed by atoms with Crippen molar-refractivity contribution in [2.24, 2.45) is 5.92 Å². The Balaban J connectivity index is 1.62. The summed E-state index contributed by atoms with van der Waals surface area (Å²) in [7, 11) is 0. The minimum Gasteiger partial charge on any atom is -0.493 e. The second-order valence-electron chi connectivity index (χ2n) is 9.00. The van der Waals surface area contributed by atoms with Gasteiger partial charge in [0.15, 0.2) is 0 Å². The van der Waals surface area contributed by atoms with Gasteiger partial charge >= 0.3 is 0 Å². The molecule has 190 valence electrons. The van der Waals surface area contributed by atoms with Gasteiger partial charge in [0.25, 0.3) is 0 Å². The molecule has 2 atom stereocenters. The molecule has 10 heteroatoms. The normalized spacial score (nSPS) is 13.5. The molecule has 0 radical (unpaired) electrons. The number of rotatable bonds is 12. The molecular formula is C25H30ClI2N3O4. The summed E-state index contributed by atoms with van der Waals surface area (Å²) in [5.74, 6) is 2.44. The number of hydrogen-bond acceptors (Lipinski definition) is 6. The molecule has 0 aliphatic carbocycles. The summed E-state index contributed by atoms with van der Waals surface area (Å²) in [6, 6.07) is 14.3. The topological polar surface area (TPSA) is 89.6 Å². The van der Waals surface area contributed by atoms with E-state index in [-0.39, 0.29) is 25.2 Å². The Labute approximate surface area is 238 Å². The lowest BCUT2D eigenvalue weighted by Crippen LogP contribution is -2.25. The highest BCUT2D eigenvalue weighted by molar-refractivity contribution is 14.1. The van der Waals surface area contributed by atoms with Crippen molar-refractivity contribution in [1.82, 2.24) is 15.0 Å². The van der Waals surface area contributed by atoms with Gasteiger partial charge in [-0.15, -0.1) is 16.7 Å². The summed E-state index contributed by atoms with van der Waals surface area (Å²) in [4.78, 5) is 0. The molecule has 0 fully saturated rings. The van der Waals surface area contributed by atoms with Crippen LogP contribution in [0.2, 0.25) is 0 Å². The Morgan fingerprint density at radius 2 is 1.80 bits per heavy atom. The van der Waals surface area contributed by atoms with E-state index in [1.165, 1.54) is 5.56 Å². The highest BCUT2D eigenvalue weighted by Gasteiger charge is 2.24. The van der Waals surface area contributed by atoms with Crippen molar-refractivity contribution in [3.63, 3.8) is 0 Å². The van der Waals surface area contributed by atoms with Crippen LogP contribution in [0.1, 0.15) is 37.6 Å². The zero-order chi connectivity index (χ0) is 25.6. The molecule has 3 aromatic rings. The lowest BCUT2D eigenvalue weighted by Gasteiger charge is -2.27. The summed E-state index contributed by atoms with van der Waals surface area (Å²) in [6.45, 7) is 7.21. The van der Waals surface area contributed by atoms with Crippen LogP contribution in [0.4, 0.5) is 0 Å².